The lowest BCUT2D eigenvalue weighted by Gasteiger charge is -2.06. The Balaban J connectivity index is 2.41. The summed E-state index contributed by atoms with van der Waals surface area (Å²) < 4.78 is 38.7. The average molecular weight is 277 g/mol. The van der Waals surface area contributed by atoms with Crippen LogP contribution < -0.4 is 4.72 Å². The van der Waals surface area contributed by atoms with Gasteiger partial charge in [-0.1, -0.05) is 11.6 Å². The zero-order valence-corrected chi connectivity index (χ0v) is 9.76. The van der Waals surface area contributed by atoms with E-state index in [0.29, 0.717) is 0 Å². The smallest absolute Gasteiger partial charge is 0.248 e. The molecule has 2 aromatic rings. The van der Waals surface area contributed by atoms with Gasteiger partial charge in [-0.25, -0.2) is 22.6 Å². The molecule has 1 aromatic carbocycles. The van der Waals surface area contributed by atoms with E-state index in [9.17, 15) is 12.8 Å². The molecule has 0 saturated heterocycles. The van der Waals surface area contributed by atoms with E-state index in [1.165, 1.54) is 0 Å². The van der Waals surface area contributed by atoms with E-state index >= 15 is 0 Å². The van der Waals surface area contributed by atoms with Crippen molar-refractivity contribution in [1.29, 1.82) is 0 Å². The number of hydrogen-bond donors (Lipinski definition) is 2. The van der Waals surface area contributed by atoms with Crippen LogP contribution in [0.5, 0.6) is 0 Å². The first kappa shape index (κ1) is 11.8. The van der Waals surface area contributed by atoms with Gasteiger partial charge in [-0.2, -0.15) is 10.1 Å². The van der Waals surface area contributed by atoms with Crippen molar-refractivity contribution in [2.45, 2.75) is 4.90 Å². The minimum absolute atomic E-state index is 0.0784. The van der Waals surface area contributed by atoms with Crippen LogP contribution in [0.3, 0.4) is 0 Å². The van der Waals surface area contributed by atoms with Crippen LogP contribution in [-0.2, 0) is 10.0 Å². The molecule has 0 saturated carbocycles. The predicted molar refractivity (Wildman–Crippen MR) is 58.6 cm³/mol. The lowest BCUT2D eigenvalue weighted by Crippen LogP contribution is -2.14. The summed E-state index contributed by atoms with van der Waals surface area (Å²) in [5.74, 6) is -0.780. The SMILES string of the molecule is O=S(=O)(Nc1ncn[nH]1)c1cc(F)ccc1Cl. The number of H-pyrrole nitrogens is 1. The van der Waals surface area contributed by atoms with Crippen LogP contribution in [0, 0.1) is 5.82 Å². The first-order chi connectivity index (χ1) is 7.99. The van der Waals surface area contributed by atoms with E-state index in [2.05, 4.69) is 19.9 Å². The van der Waals surface area contributed by atoms with E-state index in [4.69, 9.17) is 11.6 Å². The van der Waals surface area contributed by atoms with E-state index in [-0.39, 0.29) is 15.9 Å². The normalized spacial score (nSPS) is 11.4. The lowest BCUT2D eigenvalue weighted by molar-refractivity contribution is 0.595. The van der Waals surface area contributed by atoms with Gasteiger partial charge in [-0.3, -0.25) is 0 Å². The molecule has 0 bridgehead atoms. The number of rotatable bonds is 3. The molecular formula is C8H6ClFN4O2S. The first-order valence-corrected chi connectivity index (χ1v) is 6.18. The van der Waals surface area contributed by atoms with Crippen LogP contribution >= 0.6 is 11.6 Å². The Morgan fingerprint density at radius 2 is 2.18 bits per heavy atom. The van der Waals surface area contributed by atoms with Crippen LogP contribution in [0.1, 0.15) is 0 Å². The van der Waals surface area contributed by atoms with Gasteiger partial charge in [0.05, 0.1) is 5.02 Å². The van der Waals surface area contributed by atoms with Crippen molar-refractivity contribution in [1.82, 2.24) is 15.2 Å². The summed E-state index contributed by atoms with van der Waals surface area (Å²) in [6.07, 6.45) is 1.13. The van der Waals surface area contributed by atoms with Gasteiger partial charge >= 0.3 is 0 Å². The quantitative estimate of drug-likeness (QED) is 0.887. The predicted octanol–water partition coefficient (Wildman–Crippen LogP) is 1.40. The second-order valence-electron chi connectivity index (χ2n) is 3.01. The summed E-state index contributed by atoms with van der Waals surface area (Å²) in [6.45, 7) is 0. The second-order valence-corrected chi connectivity index (χ2v) is 5.07. The third kappa shape index (κ3) is 2.53. The van der Waals surface area contributed by atoms with Crippen molar-refractivity contribution in [3.63, 3.8) is 0 Å². The van der Waals surface area contributed by atoms with Crippen LogP contribution in [-0.4, -0.2) is 23.6 Å². The average Bonchev–Trinajstić information content (AvgIpc) is 2.73. The van der Waals surface area contributed by atoms with Crippen LogP contribution in [0.25, 0.3) is 0 Å². The Morgan fingerprint density at radius 3 is 2.82 bits per heavy atom. The lowest BCUT2D eigenvalue weighted by atomic mass is 10.3. The van der Waals surface area contributed by atoms with Crippen molar-refractivity contribution in [2.24, 2.45) is 0 Å². The molecule has 0 atom stereocenters. The Labute approximate surface area is 101 Å². The number of aromatic nitrogens is 3. The van der Waals surface area contributed by atoms with Crippen molar-refractivity contribution in [3.05, 3.63) is 35.4 Å². The molecule has 17 heavy (non-hydrogen) atoms. The molecule has 0 aliphatic carbocycles. The maximum atomic E-state index is 13.0. The largest absolute Gasteiger partial charge is 0.265 e. The molecule has 1 heterocycles. The molecule has 0 unspecified atom stereocenters. The fraction of sp³-hybridized carbons (Fsp3) is 0. The first-order valence-electron chi connectivity index (χ1n) is 4.32. The van der Waals surface area contributed by atoms with Gasteiger partial charge < -0.3 is 0 Å². The van der Waals surface area contributed by atoms with E-state index < -0.39 is 15.8 Å². The molecular weight excluding hydrogens is 271 g/mol. The summed E-state index contributed by atoms with van der Waals surface area (Å²) >= 11 is 5.69. The Kier molecular flexibility index (Phi) is 2.99. The minimum Gasteiger partial charge on any atom is -0.248 e. The molecule has 0 amide bonds. The molecule has 2 N–H and O–H groups in total. The molecule has 6 nitrogen and oxygen atoms in total. The number of nitrogens with one attached hydrogen (secondary N) is 2. The molecule has 0 radical (unpaired) electrons. The fourth-order valence-electron chi connectivity index (χ4n) is 1.12. The van der Waals surface area contributed by atoms with Crippen molar-refractivity contribution >= 4 is 27.6 Å². The highest BCUT2D eigenvalue weighted by Crippen LogP contribution is 2.23. The third-order valence-electron chi connectivity index (χ3n) is 1.83. The summed E-state index contributed by atoms with van der Waals surface area (Å²) in [6, 6.07) is 3.04. The molecule has 2 rings (SSSR count). The third-order valence-corrected chi connectivity index (χ3v) is 3.65. The van der Waals surface area contributed by atoms with Crippen LogP contribution in [0.4, 0.5) is 10.3 Å². The minimum atomic E-state index is -3.99. The number of sulfonamides is 1. The summed E-state index contributed by atoms with van der Waals surface area (Å²) in [5.41, 5.74) is 0. The number of hydrogen-bond acceptors (Lipinski definition) is 4. The summed E-state index contributed by atoms with van der Waals surface area (Å²) in [4.78, 5) is 3.22. The molecule has 0 spiro atoms. The van der Waals surface area contributed by atoms with Crippen molar-refractivity contribution < 1.29 is 12.8 Å². The number of halogens is 2. The standard InChI is InChI=1S/C8H6ClFN4O2S/c9-6-2-1-5(10)3-7(6)17(15,16)14-8-11-4-12-13-8/h1-4H,(H2,11,12,13,14). The van der Waals surface area contributed by atoms with Gasteiger partial charge in [0.1, 0.15) is 17.0 Å². The molecule has 0 aliphatic heterocycles. The summed E-state index contributed by atoms with van der Waals surface area (Å²) in [5, 5.41) is 5.69. The number of nitrogens with zero attached hydrogens (tertiary/aromatic N) is 2. The number of aromatic amines is 1. The Hall–Kier alpha value is -1.67. The van der Waals surface area contributed by atoms with Crippen molar-refractivity contribution in [2.75, 3.05) is 4.72 Å². The van der Waals surface area contributed by atoms with E-state index in [0.717, 1.165) is 24.5 Å². The highest BCUT2D eigenvalue weighted by Gasteiger charge is 2.19. The van der Waals surface area contributed by atoms with Gasteiger partial charge in [0.15, 0.2) is 0 Å². The second kappa shape index (κ2) is 4.30. The molecule has 90 valence electrons. The van der Waals surface area contributed by atoms with Gasteiger partial charge in [-0.05, 0) is 18.2 Å². The zero-order chi connectivity index (χ0) is 12.5. The number of benzene rings is 1. The number of anilines is 1. The highest BCUT2D eigenvalue weighted by molar-refractivity contribution is 7.92. The van der Waals surface area contributed by atoms with E-state index in [1.807, 2.05) is 0 Å². The summed E-state index contributed by atoms with van der Waals surface area (Å²) in [7, 11) is -3.99. The Morgan fingerprint density at radius 1 is 1.41 bits per heavy atom. The fourth-order valence-corrected chi connectivity index (χ4v) is 2.60. The molecule has 0 fully saturated rings. The highest BCUT2D eigenvalue weighted by atomic mass is 35.5. The van der Waals surface area contributed by atoms with Gasteiger partial charge in [0.2, 0.25) is 5.95 Å². The van der Waals surface area contributed by atoms with Gasteiger partial charge in [0, 0.05) is 0 Å². The Bertz CT molecular complexity index is 629. The molecule has 1 aromatic heterocycles. The maximum Gasteiger partial charge on any atom is 0.265 e. The van der Waals surface area contributed by atoms with Crippen LogP contribution in [0.15, 0.2) is 29.4 Å². The molecule has 9 heteroatoms. The topological polar surface area (TPSA) is 87.7 Å². The monoisotopic (exact) mass is 276 g/mol. The van der Waals surface area contributed by atoms with Gasteiger partial charge in [0.25, 0.3) is 10.0 Å². The van der Waals surface area contributed by atoms with Crippen LogP contribution in [0.2, 0.25) is 5.02 Å². The van der Waals surface area contributed by atoms with Gasteiger partial charge in [-0.15, -0.1) is 0 Å². The van der Waals surface area contributed by atoms with Crippen molar-refractivity contribution in [3.8, 4) is 0 Å². The maximum absolute atomic E-state index is 13.0. The van der Waals surface area contributed by atoms with E-state index in [1.54, 1.807) is 0 Å². The zero-order valence-electron chi connectivity index (χ0n) is 8.18. The molecule has 0 aliphatic rings.